The molecular weight excluding hydrogens is 374 g/mol. The fourth-order valence-electron chi connectivity index (χ4n) is 3.02. The van der Waals surface area contributed by atoms with E-state index in [-0.39, 0.29) is 12.0 Å². The minimum absolute atomic E-state index is 0.0628. The molecule has 1 aliphatic heterocycles. The highest BCUT2D eigenvalue weighted by Gasteiger charge is 2.27. The molecule has 1 amide bonds. The van der Waals surface area contributed by atoms with Gasteiger partial charge >= 0.3 is 0 Å². The van der Waals surface area contributed by atoms with Crippen molar-refractivity contribution in [1.29, 1.82) is 0 Å². The summed E-state index contributed by atoms with van der Waals surface area (Å²) < 4.78 is 17.0. The summed E-state index contributed by atoms with van der Waals surface area (Å²) in [5.41, 5.74) is 1.32. The third-order valence-corrected chi connectivity index (χ3v) is 5.23. The summed E-state index contributed by atoms with van der Waals surface area (Å²) in [6, 6.07) is 13.0. The van der Waals surface area contributed by atoms with Gasteiger partial charge in [0.15, 0.2) is 0 Å². The number of amides is 1. The number of hydrogen-bond acceptors (Lipinski definition) is 5. The molecule has 0 radical (unpaired) electrons. The first-order valence-electron chi connectivity index (χ1n) is 8.97. The van der Waals surface area contributed by atoms with Crippen molar-refractivity contribution < 1.29 is 19.0 Å². The third kappa shape index (κ3) is 4.80. The summed E-state index contributed by atoms with van der Waals surface area (Å²) in [5.74, 6) is 3.80. The average molecular weight is 397 g/mol. The molecule has 0 bridgehead atoms. The lowest BCUT2D eigenvalue weighted by Gasteiger charge is -2.33. The van der Waals surface area contributed by atoms with Gasteiger partial charge in [-0.3, -0.25) is 4.79 Å². The van der Waals surface area contributed by atoms with E-state index in [2.05, 4.69) is 5.92 Å². The predicted octanol–water partition coefficient (Wildman–Crippen LogP) is 3.32. The van der Waals surface area contributed by atoms with Gasteiger partial charge in [0, 0.05) is 17.0 Å². The lowest BCUT2D eigenvalue weighted by Crippen LogP contribution is -2.47. The van der Waals surface area contributed by atoms with Gasteiger partial charge in [-0.05, 0) is 42.7 Å². The Balaban J connectivity index is 1.64. The molecule has 5 nitrogen and oxygen atoms in total. The van der Waals surface area contributed by atoms with Crippen molar-refractivity contribution in [1.82, 2.24) is 4.90 Å². The minimum Gasteiger partial charge on any atom is -0.496 e. The first kappa shape index (κ1) is 20.1. The van der Waals surface area contributed by atoms with Crippen LogP contribution in [0.3, 0.4) is 0 Å². The molecule has 1 heterocycles. The van der Waals surface area contributed by atoms with Gasteiger partial charge in [0.25, 0.3) is 5.91 Å². The van der Waals surface area contributed by atoms with Crippen molar-refractivity contribution in [3.05, 3.63) is 53.6 Å². The number of hydrogen-bond donors (Lipinski definition) is 0. The third-order valence-electron chi connectivity index (χ3n) is 4.50. The second-order valence-electron chi connectivity index (χ2n) is 6.29. The van der Waals surface area contributed by atoms with E-state index in [4.69, 9.17) is 20.6 Å². The molecule has 28 heavy (non-hydrogen) atoms. The summed E-state index contributed by atoms with van der Waals surface area (Å²) in [6.07, 6.45) is 7.20. The fourth-order valence-corrected chi connectivity index (χ4v) is 3.44. The molecule has 1 fully saturated rings. The predicted molar refractivity (Wildman–Crippen MR) is 110 cm³/mol. The summed E-state index contributed by atoms with van der Waals surface area (Å²) in [4.78, 5) is 15.8. The number of thioether (sulfide) groups is 1. The molecule has 1 saturated heterocycles. The lowest BCUT2D eigenvalue weighted by atomic mass is 10.1. The van der Waals surface area contributed by atoms with Crippen LogP contribution in [0.15, 0.2) is 47.4 Å². The van der Waals surface area contributed by atoms with E-state index >= 15 is 0 Å². The average Bonchev–Trinajstić information content (AvgIpc) is 2.77. The van der Waals surface area contributed by atoms with E-state index in [0.717, 1.165) is 10.5 Å². The Labute approximate surface area is 170 Å². The van der Waals surface area contributed by atoms with Gasteiger partial charge in [-0.25, -0.2) is 0 Å². The number of carbonyl (C=O) groups excluding carboxylic acids is 1. The van der Waals surface area contributed by atoms with E-state index in [1.54, 1.807) is 23.8 Å². The SMILES string of the molecule is C#Cc1cccc(OCC2CN(C(=O)c3ccc(SC)cc3OC)CCO2)c1. The highest BCUT2D eigenvalue weighted by Crippen LogP contribution is 2.27. The zero-order valence-electron chi connectivity index (χ0n) is 16.0. The number of benzene rings is 2. The fraction of sp³-hybridized carbons (Fsp3) is 0.318. The van der Waals surface area contributed by atoms with E-state index in [9.17, 15) is 4.79 Å². The zero-order chi connectivity index (χ0) is 19.9. The van der Waals surface area contributed by atoms with Crippen molar-refractivity contribution in [2.24, 2.45) is 0 Å². The van der Waals surface area contributed by atoms with Gasteiger partial charge in [0.05, 0.1) is 25.8 Å². The Hall–Kier alpha value is -2.62. The van der Waals surface area contributed by atoms with Crippen molar-refractivity contribution >= 4 is 17.7 Å². The molecule has 0 N–H and O–H groups in total. The molecular formula is C22H23NO4S. The second kappa shape index (κ2) is 9.54. The van der Waals surface area contributed by atoms with Crippen LogP contribution in [0.1, 0.15) is 15.9 Å². The topological polar surface area (TPSA) is 48.0 Å². The minimum atomic E-state index is -0.205. The number of methoxy groups -OCH3 is 1. The van der Waals surface area contributed by atoms with Crippen LogP contribution in [-0.4, -0.2) is 56.6 Å². The van der Waals surface area contributed by atoms with Crippen LogP contribution in [0.2, 0.25) is 0 Å². The van der Waals surface area contributed by atoms with Crippen LogP contribution in [0.5, 0.6) is 11.5 Å². The Morgan fingerprint density at radius 2 is 2.21 bits per heavy atom. The molecule has 2 aromatic carbocycles. The van der Waals surface area contributed by atoms with Gasteiger partial charge in [-0.1, -0.05) is 12.0 Å². The van der Waals surface area contributed by atoms with Crippen LogP contribution in [-0.2, 0) is 4.74 Å². The van der Waals surface area contributed by atoms with Crippen LogP contribution < -0.4 is 9.47 Å². The highest BCUT2D eigenvalue weighted by atomic mass is 32.2. The first-order valence-corrected chi connectivity index (χ1v) is 10.2. The number of morpholine rings is 1. The van der Waals surface area contributed by atoms with Crippen LogP contribution in [0, 0.1) is 12.3 Å². The number of carbonyl (C=O) groups is 1. The quantitative estimate of drug-likeness (QED) is 0.553. The van der Waals surface area contributed by atoms with Gasteiger partial charge < -0.3 is 19.1 Å². The molecule has 1 aliphatic rings. The van der Waals surface area contributed by atoms with Crippen LogP contribution in [0.4, 0.5) is 0 Å². The number of nitrogens with zero attached hydrogens (tertiary/aromatic N) is 1. The molecule has 0 aliphatic carbocycles. The summed E-state index contributed by atoms with van der Waals surface area (Å²) >= 11 is 1.61. The smallest absolute Gasteiger partial charge is 0.257 e. The van der Waals surface area contributed by atoms with Crippen molar-refractivity contribution in [3.63, 3.8) is 0 Å². The Morgan fingerprint density at radius 1 is 1.36 bits per heavy atom. The van der Waals surface area contributed by atoms with Crippen molar-refractivity contribution in [2.75, 3.05) is 39.7 Å². The number of rotatable bonds is 6. The molecule has 1 atom stereocenters. The van der Waals surface area contributed by atoms with E-state index in [1.165, 1.54) is 0 Å². The molecule has 6 heteroatoms. The molecule has 146 valence electrons. The van der Waals surface area contributed by atoms with E-state index < -0.39 is 0 Å². The molecule has 0 aromatic heterocycles. The highest BCUT2D eigenvalue weighted by molar-refractivity contribution is 7.98. The maximum Gasteiger partial charge on any atom is 0.257 e. The maximum absolute atomic E-state index is 13.0. The standard InChI is InChI=1S/C22H23NO4S/c1-4-16-6-5-7-17(12-16)27-15-18-14-23(10-11-26-18)22(24)20-9-8-19(28-3)13-21(20)25-2/h1,5-9,12-13,18H,10-11,14-15H2,2-3H3. The number of ether oxygens (including phenoxy) is 3. The second-order valence-corrected chi connectivity index (χ2v) is 7.17. The summed E-state index contributed by atoms with van der Waals surface area (Å²) in [6.45, 7) is 1.81. The first-order chi connectivity index (χ1) is 13.6. The normalized spacial score (nSPS) is 16.3. The van der Waals surface area contributed by atoms with E-state index in [0.29, 0.717) is 43.4 Å². The largest absolute Gasteiger partial charge is 0.496 e. The Bertz CT molecular complexity index is 877. The van der Waals surface area contributed by atoms with Crippen LogP contribution >= 0.6 is 11.8 Å². The van der Waals surface area contributed by atoms with Crippen LogP contribution in [0.25, 0.3) is 0 Å². The van der Waals surface area contributed by atoms with Gasteiger partial charge in [-0.2, -0.15) is 0 Å². The molecule has 0 saturated carbocycles. The van der Waals surface area contributed by atoms with Crippen molar-refractivity contribution in [2.45, 2.75) is 11.0 Å². The summed E-state index contributed by atoms with van der Waals surface area (Å²) in [7, 11) is 1.58. The van der Waals surface area contributed by atoms with E-state index in [1.807, 2.05) is 48.7 Å². The zero-order valence-corrected chi connectivity index (χ0v) is 16.8. The lowest BCUT2D eigenvalue weighted by molar-refractivity contribution is -0.0401. The molecule has 0 spiro atoms. The summed E-state index contributed by atoms with van der Waals surface area (Å²) in [5, 5.41) is 0. The Kier molecular flexibility index (Phi) is 6.85. The Morgan fingerprint density at radius 3 is 2.96 bits per heavy atom. The van der Waals surface area contributed by atoms with Gasteiger partial charge in [0.2, 0.25) is 0 Å². The molecule has 1 unspecified atom stereocenters. The maximum atomic E-state index is 13.0. The monoisotopic (exact) mass is 397 g/mol. The van der Waals surface area contributed by atoms with Crippen molar-refractivity contribution in [3.8, 4) is 23.8 Å². The van der Waals surface area contributed by atoms with Gasteiger partial charge in [-0.15, -0.1) is 18.2 Å². The van der Waals surface area contributed by atoms with Gasteiger partial charge in [0.1, 0.15) is 24.2 Å². The number of terminal acetylenes is 1. The molecule has 2 aromatic rings. The molecule has 3 rings (SSSR count).